The Morgan fingerprint density at radius 3 is 2.95 bits per heavy atom. The highest BCUT2D eigenvalue weighted by Crippen LogP contribution is 2.32. The topological polar surface area (TPSA) is 65.6 Å². The third-order valence-electron chi connectivity index (χ3n) is 4.09. The number of likely N-dealkylation sites (tertiary alicyclic amines) is 1. The predicted molar refractivity (Wildman–Crippen MR) is 85.6 cm³/mol. The number of hydrogen-bond donors (Lipinski definition) is 2. The van der Waals surface area contributed by atoms with Crippen LogP contribution in [0, 0.1) is 0 Å². The number of nitrogens with zero attached hydrogens (tertiary/aromatic N) is 1. The van der Waals surface area contributed by atoms with Gasteiger partial charge in [-0.15, -0.1) is 0 Å². The molecule has 118 valence electrons. The fraction of sp³-hybridized carbons (Fsp3) is 0.400. The van der Waals surface area contributed by atoms with Crippen molar-refractivity contribution in [2.45, 2.75) is 18.6 Å². The number of H-pyrrole nitrogens is 1. The van der Waals surface area contributed by atoms with Gasteiger partial charge in [-0.3, -0.25) is 4.79 Å². The molecule has 1 amide bonds. The van der Waals surface area contributed by atoms with Crippen LogP contribution in [-0.4, -0.2) is 53.3 Å². The summed E-state index contributed by atoms with van der Waals surface area (Å²) >= 11 is 12.3. The summed E-state index contributed by atoms with van der Waals surface area (Å²) in [6.07, 6.45) is 0.543. The average molecular weight is 343 g/mol. The SMILES string of the molecule is CO[C@H]1C[C@@H](CO)N(C(=O)c2[nH]c3ccc(Cl)cc3c2Cl)C1. The summed E-state index contributed by atoms with van der Waals surface area (Å²) in [5.41, 5.74) is 1.06. The van der Waals surface area contributed by atoms with Gasteiger partial charge in [-0.1, -0.05) is 23.2 Å². The van der Waals surface area contributed by atoms with Gasteiger partial charge >= 0.3 is 0 Å². The Morgan fingerprint density at radius 1 is 1.50 bits per heavy atom. The Hall–Kier alpha value is -1.27. The first kappa shape index (κ1) is 15.6. The third-order valence-corrected chi connectivity index (χ3v) is 4.72. The van der Waals surface area contributed by atoms with Gasteiger partial charge in [0.2, 0.25) is 0 Å². The second-order valence-corrected chi connectivity index (χ2v) is 6.21. The summed E-state index contributed by atoms with van der Waals surface area (Å²) in [5, 5.41) is 11.1. The predicted octanol–water partition coefficient (Wildman–Crippen LogP) is 2.70. The second kappa shape index (κ2) is 6.08. The highest BCUT2D eigenvalue weighted by Gasteiger charge is 2.36. The molecular weight excluding hydrogens is 327 g/mol. The molecule has 2 heterocycles. The lowest BCUT2D eigenvalue weighted by Crippen LogP contribution is -2.38. The molecule has 2 aromatic rings. The second-order valence-electron chi connectivity index (χ2n) is 5.39. The van der Waals surface area contributed by atoms with E-state index in [0.717, 1.165) is 5.52 Å². The van der Waals surface area contributed by atoms with Crippen molar-refractivity contribution < 1.29 is 14.6 Å². The molecule has 7 heteroatoms. The molecule has 5 nitrogen and oxygen atoms in total. The van der Waals surface area contributed by atoms with E-state index in [1.165, 1.54) is 0 Å². The molecule has 1 aromatic heterocycles. The van der Waals surface area contributed by atoms with Gasteiger partial charge in [-0.25, -0.2) is 0 Å². The van der Waals surface area contributed by atoms with E-state index in [1.807, 2.05) is 0 Å². The van der Waals surface area contributed by atoms with E-state index < -0.39 is 0 Å². The summed E-state index contributed by atoms with van der Waals surface area (Å²) in [5.74, 6) is -0.240. The Bertz CT molecular complexity index is 716. The molecule has 0 aliphatic carbocycles. The van der Waals surface area contributed by atoms with Gasteiger partial charge in [0, 0.05) is 29.6 Å². The summed E-state index contributed by atoms with van der Waals surface area (Å²) in [6, 6.07) is 4.98. The minimum atomic E-state index is -0.261. The minimum absolute atomic E-state index is 0.0706. The van der Waals surface area contributed by atoms with Gasteiger partial charge in [0.05, 0.1) is 23.8 Å². The summed E-state index contributed by atoms with van der Waals surface area (Å²) in [6.45, 7) is 0.336. The first-order chi connectivity index (χ1) is 10.5. The van der Waals surface area contributed by atoms with Crippen LogP contribution in [0.3, 0.4) is 0 Å². The number of aromatic amines is 1. The fourth-order valence-corrected chi connectivity index (χ4v) is 3.35. The quantitative estimate of drug-likeness (QED) is 0.901. The normalized spacial score (nSPS) is 21.7. The number of fused-ring (bicyclic) bond motifs is 1. The van der Waals surface area contributed by atoms with Crippen LogP contribution < -0.4 is 0 Å². The molecule has 3 rings (SSSR count). The van der Waals surface area contributed by atoms with E-state index in [0.29, 0.717) is 34.1 Å². The lowest BCUT2D eigenvalue weighted by Gasteiger charge is -2.22. The Labute approximate surface area is 137 Å². The number of carbonyl (C=O) groups excluding carboxylic acids is 1. The number of nitrogens with one attached hydrogen (secondary N) is 1. The molecule has 0 bridgehead atoms. The van der Waals surface area contributed by atoms with Crippen LogP contribution in [-0.2, 0) is 4.74 Å². The van der Waals surface area contributed by atoms with E-state index in [-0.39, 0.29) is 24.7 Å². The molecule has 1 saturated heterocycles. The van der Waals surface area contributed by atoms with Crippen LogP contribution in [0.2, 0.25) is 10.0 Å². The highest BCUT2D eigenvalue weighted by atomic mass is 35.5. The van der Waals surface area contributed by atoms with Crippen molar-refractivity contribution >= 4 is 40.0 Å². The van der Waals surface area contributed by atoms with Gasteiger partial charge in [0.25, 0.3) is 5.91 Å². The number of halogens is 2. The molecule has 0 spiro atoms. The molecule has 1 aromatic carbocycles. The monoisotopic (exact) mass is 342 g/mol. The molecule has 2 N–H and O–H groups in total. The zero-order valence-electron chi connectivity index (χ0n) is 12.0. The van der Waals surface area contributed by atoms with Gasteiger partial charge in [0.1, 0.15) is 5.69 Å². The van der Waals surface area contributed by atoms with Crippen molar-refractivity contribution in [1.82, 2.24) is 9.88 Å². The summed E-state index contributed by atoms with van der Waals surface area (Å²) in [7, 11) is 1.60. The van der Waals surface area contributed by atoms with Gasteiger partial charge in [-0.2, -0.15) is 0 Å². The lowest BCUT2D eigenvalue weighted by molar-refractivity contribution is 0.0643. The van der Waals surface area contributed by atoms with Crippen molar-refractivity contribution in [2.24, 2.45) is 0 Å². The van der Waals surface area contributed by atoms with E-state index in [4.69, 9.17) is 27.9 Å². The maximum absolute atomic E-state index is 12.8. The number of amides is 1. The molecule has 1 aliphatic heterocycles. The molecule has 1 aliphatic rings. The van der Waals surface area contributed by atoms with Crippen LogP contribution >= 0.6 is 23.2 Å². The van der Waals surface area contributed by atoms with E-state index in [2.05, 4.69) is 4.98 Å². The Kier molecular flexibility index (Phi) is 4.32. The van der Waals surface area contributed by atoms with Crippen molar-refractivity contribution in [1.29, 1.82) is 0 Å². The number of methoxy groups -OCH3 is 1. The zero-order valence-corrected chi connectivity index (χ0v) is 13.5. The number of aliphatic hydroxyl groups excluding tert-OH is 1. The van der Waals surface area contributed by atoms with Gasteiger partial charge < -0.3 is 19.7 Å². The Balaban J connectivity index is 1.96. The van der Waals surface area contributed by atoms with Crippen LogP contribution in [0.4, 0.5) is 0 Å². The standard InChI is InChI=1S/C15H16Cl2N2O3/c1-22-10-5-9(7-20)19(6-10)15(21)14-13(17)11-4-8(16)2-3-12(11)18-14/h2-4,9-10,18,20H,5-7H2,1H3/t9-,10-/m0/s1. The minimum Gasteiger partial charge on any atom is -0.394 e. The lowest BCUT2D eigenvalue weighted by atomic mass is 10.2. The summed E-state index contributed by atoms with van der Waals surface area (Å²) < 4.78 is 5.30. The van der Waals surface area contributed by atoms with E-state index >= 15 is 0 Å². The molecule has 0 saturated carbocycles. The maximum Gasteiger partial charge on any atom is 0.272 e. The molecule has 1 fully saturated rings. The van der Waals surface area contributed by atoms with Crippen LogP contribution in [0.5, 0.6) is 0 Å². The van der Waals surface area contributed by atoms with E-state index in [9.17, 15) is 9.90 Å². The van der Waals surface area contributed by atoms with Crippen LogP contribution in [0.1, 0.15) is 16.9 Å². The van der Waals surface area contributed by atoms with Crippen molar-refractivity contribution in [3.63, 3.8) is 0 Å². The summed E-state index contributed by atoms with van der Waals surface area (Å²) in [4.78, 5) is 17.4. The maximum atomic E-state index is 12.8. The number of hydrogen-bond acceptors (Lipinski definition) is 3. The third kappa shape index (κ3) is 2.58. The van der Waals surface area contributed by atoms with Crippen LogP contribution in [0.25, 0.3) is 10.9 Å². The number of benzene rings is 1. The highest BCUT2D eigenvalue weighted by molar-refractivity contribution is 6.39. The first-order valence-corrected chi connectivity index (χ1v) is 7.72. The zero-order chi connectivity index (χ0) is 15.9. The van der Waals surface area contributed by atoms with Crippen LogP contribution in [0.15, 0.2) is 18.2 Å². The number of carbonyl (C=O) groups is 1. The molecular formula is C15H16Cl2N2O3. The molecule has 2 atom stereocenters. The van der Waals surface area contributed by atoms with E-state index in [1.54, 1.807) is 30.2 Å². The number of aromatic nitrogens is 1. The molecule has 22 heavy (non-hydrogen) atoms. The fourth-order valence-electron chi connectivity index (χ4n) is 2.89. The molecule has 0 radical (unpaired) electrons. The van der Waals surface area contributed by atoms with Gasteiger partial charge in [0.15, 0.2) is 0 Å². The number of ether oxygens (including phenoxy) is 1. The van der Waals surface area contributed by atoms with Crippen molar-refractivity contribution in [3.05, 3.63) is 33.9 Å². The molecule has 0 unspecified atom stereocenters. The number of aliphatic hydroxyl groups is 1. The van der Waals surface area contributed by atoms with Crippen molar-refractivity contribution in [2.75, 3.05) is 20.3 Å². The first-order valence-electron chi connectivity index (χ1n) is 6.96. The van der Waals surface area contributed by atoms with Crippen molar-refractivity contribution in [3.8, 4) is 0 Å². The number of rotatable bonds is 3. The largest absolute Gasteiger partial charge is 0.394 e. The average Bonchev–Trinajstić information content (AvgIpc) is 3.08. The Morgan fingerprint density at radius 2 is 2.27 bits per heavy atom. The van der Waals surface area contributed by atoms with Gasteiger partial charge in [-0.05, 0) is 24.6 Å². The smallest absolute Gasteiger partial charge is 0.272 e.